The molecule has 2 unspecified atom stereocenters. The Balaban J connectivity index is 1.31. The average molecular weight is 457 g/mol. The van der Waals surface area contributed by atoms with Crippen LogP contribution in [0, 0.1) is 0 Å². The van der Waals surface area contributed by atoms with Gasteiger partial charge in [0.15, 0.2) is 6.61 Å². The quantitative estimate of drug-likeness (QED) is 0.582. The van der Waals surface area contributed by atoms with Crippen LogP contribution in [0.4, 0.5) is 5.13 Å². The molecule has 7 nitrogen and oxygen atoms in total. The molecule has 0 radical (unpaired) electrons. The molecule has 0 spiro atoms. The van der Waals surface area contributed by atoms with Crippen LogP contribution >= 0.6 is 22.7 Å². The smallest absolute Gasteiger partial charge is 0.260 e. The molecule has 2 amide bonds. The molecule has 9 heteroatoms. The van der Waals surface area contributed by atoms with E-state index in [4.69, 9.17) is 4.74 Å². The second kappa shape index (κ2) is 9.57. The molecule has 1 saturated heterocycles. The van der Waals surface area contributed by atoms with E-state index in [0.717, 1.165) is 29.8 Å². The van der Waals surface area contributed by atoms with Crippen LogP contribution in [-0.4, -0.2) is 45.6 Å². The second-order valence-electron chi connectivity index (χ2n) is 7.62. The van der Waals surface area contributed by atoms with Crippen LogP contribution in [0.2, 0.25) is 0 Å². The van der Waals surface area contributed by atoms with E-state index in [1.54, 1.807) is 35.6 Å². The zero-order valence-corrected chi connectivity index (χ0v) is 19.0. The highest BCUT2D eigenvalue weighted by Crippen LogP contribution is 2.28. The van der Waals surface area contributed by atoms with Crippen LogP contribution < -0.4 is 10.1 Å². The van der Waals surface area contributed by atoms with Gasteiger partial charge < -0.3 is 9.64 Å². The molecule has 3 heterocycles. The molecule has 1 aromatic carbocycles. The van der Waals surface area contributed by atoms with E-state index in [1.165, 1.54) is 11.3 Å². The van der Waals surface area contributed by atoms with E-state index in [2.05, 4.69) is 29.4 Å². The fraction of sp³-hybridized carbons (Fsp3) is 0.364. The molecule has 1 aliphatic rings. The number of carbonyl (C=O) groups is 2. The van der Waals surface area contributed by atoms with Crippen molar-refractivity contribution in [1.82, 2.24) is 15.1 Å². The molecule has 1 fully saturated rings. The summed E-state index contributed by atoms with van der Waals surface area (Å²) in [6, 6.07) is 9.18. The molecule has 4 rings (SSSR count). The minimum Gasteiger partial charge on any atom is -0.484 e. The maximum atomic E-state index is 12.6. The number of benzene rings is 1. The summed E-state index contributed by atoms with van der Waals surface area (Å²) in [5.74, 6) is 0.281. The van der Waals surface area contributed by atoms with Crippen LogP contribution in [0.5, 0.6) is 5.75 Å². The number of anilines is 1. The third-order valence-corrected chi connectivity index (χ3v) is 6.94. The fourth-order valence-electron chi connectivity index (χ4n) is 3.78. The van der Waals surface area contributed by atoms with Crippen molar-refractivity contribution in [3.05, 3.63) is 46.7 Å². The van der Waals surface area contributed by atoms with Gasteiger partial charge in [-0.1, -0.05) is 11.3 Å². The van der Waals surface area contributed by atoms with Crippen molar-refractivity contribution in [2.45, 2.75) is 45.2 Å². The number of nitrogens with one attached hydrogen (secondary N) is 1. The molecule has 3 aromatic rings. The number of hydrogen-bond donors (Lipinski definition) is 1. The molecule has 162 valence electrons. The van der Waals surface area contributed by atoms with Crippen LogP contribution in [0.1, 0.15) is 43.5 Å². The fourth-order valence-corrected chi connectivity index (χ4v) is 5.23. The molecule has 31 heavy (non-hydrogen) atoms. The summed E-state index contributed by atoms with van der Waals surface area (Å²) in [6.45, 7) is 4.17. The van der Waals surface area contributed by atoms with Gasteiger partial charge in [-0.2, -0.15) is 11.3 Å². The van der Waals surface area contributed by atoms with Crippen LogP contribution in [0.15, 0.2) is 41.1 Å². The Bertz CT molecular complexity index is 1020. The maximum Gasteiger partial charge on any atom is 0.260 e. The number of ether oxygens (including phenoxy) is 1. The van der Waals surface area contributed by atoms with E-state index in [9.17, 15) is 9.59 Å². The van der Waals surface area contributed by atoms with E-state index in [1.807, 2.05) is 21.7 Å². The number of likely N-dealkylation sites (tertiary alicyclic amines) is 1. The van der Waals surface area contributed by atoms with Crippen molar-refractivity contribution in [3.63, 3.8) is 0 Å². The summed E-state index contributed by atoms with van der Waals surface area (Å²) >= 11 is 2.91. The lowest BCUT2D eigenvalue weighted by atomic mass is 9.97. The van der Waals surface area contributed by atoms with E-state index >= 15 is 0 Å². The van der Waals surface area contributed by atoms with Gasteiger partial charge in [0.1, 0.15) is 10.8 Å². The summed E-state index contributed by atoms with van der Waals surface area (Å²) < 4.78 is 5.67. The first-order valence-corrected chi connectivity index (χ1v) is 12.0. The zero-order chi connectivity index (χ0) is 21.8. The topological polar surface area (TPSA) is 84.4 Å². The third kappa shape index (κ3) is 5.11. The summed E-state index contributed by atoms with van der Waals surface area (Å²) in [4.78, 5) is 27.0. The van der Waals surface area contributed by atoms with Gasteiger partial charge in [0.05, 0.1) is 0 Å². The average Bonchev–Trinajstić information content (AvgIpc) is 3.44. The Morgan fingerprint density at radius 2 is 1.87 bits per heavy atom. The number of piperidine rings is 1. The minimum absolute atomic E-state index is 0.000726. The van der Waals surface area contributed by atoms with Crippen molar-refractivity contribution in [2.24, 2.45) is 0 Å². The van der Waals surface area contributed by atoms with Crippen molar-refractivity contribution in [2.75, 3.05) is 11.9 Å². The summed E-state index contributed by atoms with van der Waals surface area (Å²) in [7, 11) is 0. The monoisotopic (exact) mass is 456 g/mol. The van der Waals surface area contributed by atoms with Gasteiger partial charge in [0.2, 0.25) is 5.13 Å². The number of carbonyl (C=O) groups excluding carboxylic acids is 2. The lowest BCUT2D eigenvalue weighted by molar-refractivity contribution is -0.139. The Kier molecular flexibility index (Phi) is 6.62. The number of thiophene rings is 1. The first-order valence-electron chi connectivity index (χ1n) is 10.2. The van der Waals surface area contributed by atoms with Gasteiger partial charge >= 0.3 is 0 Å². The van der Waals surface area contributed by atoms with Gasteiger partial charge in [-0.15, -0.1) is 10.2 Å². The SMILES string of the molecule is CC1CCCC(C)N1C(=O)COc1ccc(C(=O)Nc2nnc(-c3ccsc3)s2)cc1. The highest BCUT2D eigenvalue weighted by Gasteiger charge is 2.29. The van der Waals surface area contributed by atoms with Crippen molar-refractivity contribution >= 4 is 39.6 Å². The largest absolute Gasteiger partial charge is 0.484 e. The molecule has 0 aliphatic carbocycles. The highest BCUT2D eigenvalue weighted by atomic mass is 32.1. The number of rotatable bonds is 6. The third-order valence-electron chi connectivity index (χ3n) is 5.37. The molecular weight excluding hydrogens is 432 g/mol. The summed E-state index contributed by atoms with van der Waals surface area (Å²) in [6.07, 6.45) is 3.22. The predicted octanol–water partition coefficient (Wildman–Crippen LogP) is 4.69. The Labute approximate surface area is 189 Å². The number of nitrogens with zero attached hydrogens (tertiary/aromatic N) is 3. The van der Waals surface area contributed by atoms with Crippen LogP contribution in [-0.2, 0) is 4.79 Å². The van der Waals surface area contributed by atoms with Gasteiger partial charge in [0.25, 0.3) is 11.8 Å². The molecule has 0 saturated carbocycles. The first-order chi connectivity index (χ1) is 15.0. The first kappa shape index (κ1) is 21.5. The van der Waals surface area contributed by atoms with E-state index in [-0.39, 0.29) is 30.5 Å². The minimum atomic E-state index is -0.272. The standard InChI is InChI=1S/C22H24N4O3S2/c1-14-4-3-5-15(2)26(14)19(27)12-29-18-8-6-16(7-9-18)20(28)23-22-25-24-21(31-22)17-10-11-30-13-17/h6-11,13-15H,3-5,12H2,1-2H3,(H,23,25,28). The highest BCUT2D eigenvalue weighted by molar-refractivity contribution is 7.19. The molecule has 2 atom stereocenters. The van der Waals surface area contributed by atoms with E-state index < -0.39 is 0 Å². The van der Waals surface area contributed by atoms with E-state index in [0.29, 0.717) is 16.4 Å². The van der Waals surface area contributed by atoms with Crippen molar-refractivity contribution in [1.29, 1.82) is 0 Å². The predicted molar refractivity (Wildman–Crippen MR) is 123 cm³/mol. The molecule has 1 N–H and O–H groups in total. The number of hydrogen-bond acceptors (Lipinski definition) is 7. The molecule has 0 bridgehead atoms. The Hall–Kier alpha value is -2.78. The van der Waals surface area contributed by atoms with Gasteiger partial charge in [-0.25, -0.2) is 0 Å². The Morgan fingerprint density at radius 3 is 2.55 bits per heavy atom. The maximum absolute atomic E-state index is 12.6. The molecule has 2 aromatic heterocycles. The van der Waals surface area contributed by atoms with Gasteiger partial charge in [-0.05, 0) is 68.8 Å². The number of amides is 2. The van der Waals surface area contributed by atoms with Crippen molar-refractivity contribution in [3.8, 4) is 16.3 Å². The van der Waals surface area contributed by atoms with Gasteiger partial charge in [-0.3, -0.25) is 14.9 Å². The molecular formula is C22H24N4O3S2. The lowest BCUT2D eigenvalue weighted by Gasteiger charge is -2.38. The zero-order valence-electron chi connectivity index (χ0n) is 17.4. The van der Waals surface area contributed by atoms with Crippen LogP contribution in [0.3, 0.4) is 0 Å². The summed E-state index contributed by atoms with van der Waals surface area (Å²) in [5, 5.41) is 16.1. The van der Waals surface area contributed by atoms with Crippen LogP contribution in [0.25, 0.3) is 10.6 Å². The lowest BCUT2D eigenvalue weighted by Crippen LogP contribution is -2.49. The Morgan fingerprint density at radius 1 is 1.13 bits per heavy atom. The number of aromatic nitrogens is 2. The van der Waals surface area contributed by atoms with Gasteiger partial charge in [0, 0.05) is 28.6 Å². The molecule has 1 aliphatic heterocycles. The van der Waals surface area contributed by atoms with Crippen molar-refractivity contribution < 1.29 is 14.3 Å². The normalized spacial score (nSPS) is 18.6. The summed E-state index contributed by atoms with van der Waals surface area (Å²) in [5.41, 5.74) is 1.47. The second-order valence-corrected chi connectivity index (χ2v) is 9.38.